The van der Waals surface area contributed by atoms with E-state index in [-0.39, 0.29) is 0 Å². The fraction of sp³-hybridized carbons (Fsp3) is 0.385. The third-order valence-electron chi connectivity index (χ3n) is 2.56. The highest BCUT2D eigenvalue weighted by molar-refractivity contribution is 9.09. The molecule has 2 rings (SSSR count). The number of hydrogen-bond acceptors (Lipinski definition) is 2. The first-order valence-corrected chi connectivity index (χ1v) is 6.56. The maximum atomic E-state index is 5.56. The normalized spacial score (nSPS) is 15.0. The van der Waals surface area contributed by atoms with Crippen molar-refractivity contribution in [1.29, 1.82) is 0 Å². The minimum Gasteiger partial charge on any atom is -0.486 e. The van der Waals surface area contributed by atoms with Gasteiger partial charge in [0.05, 0.1) is 0 Å². The van der Waals surface area contributed by atoms with Crippen LogP contribution < -0.4 is 9.47 Å². The van der Waals surface area contributed by atoms with E-state index in [1.54, 1.807) is 0 Å². The molecule has 86 valence electrons. The predicted octanol–water partition coefficient (Wildman–Crippen LogP) is 3.65. The zero-order valence-corrected chi connectivity index (χ0v) is 10.9. The van der Waals surface area contributed by atoms with Crippen molar-refractivity contribution >= 4 is 21.5 Å². The molecule has 0 unspecified atom stereocenters. The molecule has 1 aliphatic rings. The second kappa shape index (κ2) is 5.39. The lowest BCUT2D eigenvalue weighted by Gasteiger charge is -2.19. The van der Waals surface area contributed by atoms with Crippen molar-refractivity contribution in [2.24, 2.45) is 0 Å². The molecular formula is C13H15BrO2. The Bertz CT molecular complexity index is 399. The summed E-state index contributed by atoms with van der Waals surface area (Å²) in [6, 6.07) is 6.11. The maximum Gasteiger partial charge on any atom is 0.161 e. The Labute approximate surface area is 104 Å². The summed E-state index contributed by atoms with van der Waals surface area (Å²) in [5, 5.41) is 0.995. The van der Waals surface area contributed by atoms with Crippen LogP contribution in [0.5, 0.6) is 11.5 Å². The van der Waals surface area contributed by atoms with Crippen LogP contribution >= 0.6 is 15.9 Å². The zero-order chi connectivity index (χ0) is 11.4. The Balaban J connectivity index is 2.22. The predicted molar refractivity (Wildman–Crippen MR) is 69.5 cm³/mol. The smallest absolute Gasteiger partial charge is 0.161 e. The number of hydrogen-bond donors (Lipinski definition) is 0. The molecule has 0 atom stereocenters. The second-order valence-corrected chi connectivity index (χ2v) is 4.52. The van der Waals surface area contributed by atoms with E-state index in [1.807, 2.05) is 6.07 Å². The average Bonchev–Trinajstić information content (AvgIpc) is 2.35. The molecule has 1 heterocycles. The van der Waals surface area contributed by atoms with Gasteiger partial charge in [0.2, 0.25) is 0 Å². The highest BCUT2D eigenvalue weighted by Gasteiger charge is 2.11. The lowest BCUT2D eigenvalue weighted by molar-refractivity contribution is 0.171. The molecule has 0 fully saturated rings. The summed E-state index contributed by atoms with van der Waals surface area (Å²) in [5.41, 5.74) is 2.47. The van der Waals surface area contributed by atoms with Gasteiger partial charge < -0.3 is 9.47 Å². The van der Waals surface area contributed by atoms with Crippen molar-refractivity contribution < 1.29 is 9.47 Å². The molecule has 0 amide bonds. The fourth-order valence-corrected chi connectivity index (χ4v) is 1.91. The maximum absolute atomic E-state index is 5.56. The molecule has 0 aliphatic carbocycles. The van der Waals surface area contributed by atoms with Gasteiger partial charge in [0.15, 0.2) is 11.5 Å². The minimum atomic E-state index is 0.639. The van der Waals surface area contributed by atoms with Gasteiger partial charge in [-0.15, -0.1) is 0 Å². The molecular weight excluding hydrogens is 268 g/mol. The quantitative estimate of drug-likeness (QED) is 0.788. The first-order chi connectivity index (χ1) is 7.81. The number of alkyl halides is 1. The number of halogens is 1. The fourth-order valence-electron chi connectivity index (χ4n) is 1.68. The average molecular weight is 283 g/mol. The third-order valence-corrected chi connectivity index (χ3v) is 3.01. The Kier molecular flexibility index (Phi) is 3.88. The zero-order valence-electron chi connectivity index (χ0n) is 9.33. The van der Waals surface area contributed by atoms with Crippen LogP contribution in [0.1, 0.15) is 18.9 Å². The van der Waals surface area contributed by atoms with E-state index in [0.717, 1.165) is 23.2 Å². The Morgan fingerprint density at radius 3 is 2.81 bits per heavy atom. The summed E-state index contributed by atoms with van der Waals surface area (Å²) in [5.74, 6) is 1.71. The SMILES string of the molecule is CC(=CCCBr)c1ccc2c(c1)OCCO2. The minimum absolute atomic E-state index is 0.639. The summed E-state index contributed by atoms with van der Waals surface area (Å²) in [6.45, 7) is 3.40. The number of rotatable bonds is 3. The van der Waals surface area contributed by atoms with Crippen LogP contribution in [0, 0.1) is 0 Å². The first-order valence-electron chi connectivity index (χ1n) is 5.44. The molecule has 0 N–H and O–H groups in total. The van der Waals surface area contributed by atoms with Gasteiger partial charge in [0.1, 0.15) is 13.2 Å². The van der Waals surface area contributed by atoms with E-state index < -0.39 is 0 Å². The molecule has 3 heteroatoms. The lowest BCUT2D eigenvalue weighted by atomic mass is 10.1. The van der Waals surface area contributed by atoms with Crippen LogP contribution in [0.2, 0.25) is 0 Å². The van der Waals surface area contributed by atoms with Gasteiger partial charge in [0.25, 0.3) is 0 Å². The van der Waals surface area contributed by atoms with Gasteiger partial charge in [-0.2, -0.15) is 0 Å². The Morgan fingerprint density at radius 1 is 1.31 bits per heavy atom. The second-order valence-electron chi connectivity index (χ2n) is 3.72. The van der Waals surface area contributed by atoms with Gasteiger partial charge in [0, 0.05) is 5.33 Å². The number of fused-ring (bicyclic) bond motifs is 1. The summed E-state index contributed by atoms with van der Waals surface area (Å²) in [4.78, 5) is 0. The van der Waals surface area contributed by atoms with Gasteiger partial charge in [-0.05, 0) is 36.6 Å². The standard InChI is InChI=1S/C13H15BrO2/c1-10(3-2-6-14)11-4-5-12-13(9-11)16-8-7-15-12/h3-5,9H,2,6-8H2,1H3. The van der Waals surface area contributed by atoms with Crippen molar-refractivity contribution in [3.05, 3.63) is 29.8 Å². The summed E-state index contributed by atoms with van der Waals surface area (Å²) < 4.78 is 11.0. The van der Waals surface area contributed by atoms with E-state index in [9.17, 15) is 0 Å². The monoisotopic (exact) mass is 282 g/mol. The van der Waals surface area contributed by atoms with E-state index >= 15 is 0 Å². The largest absolute Gasteiger partial charge is 0.486 e. The highest BCUT2D eigenvalue weighted by atomic mass is 79.9. The topological polar surface area (TPSA) is 18.5 Å². The lowest BCUT2D eigenvalue weighted by Crippen LogP contribution is -2.15. The molecule has 0 spiro atoms. The molecule has 16 heavy (non-hydrogen) atoms. The van der Waals surface area contributed by atoms with Crippen molar-refractivity contribution in [3.8, 4) is 11.5 Å². The van der Waals surface area contributed by atoms with E-state index in [4.69, 9.17) is 9.47 Å². The van der Waals surface area contributed by atoms with Gasteiger partial charge in [-0.25, -0.2) is 0 Å². The molecule has 1 aliphatic heterocycles. The van der Waals surface area contributed by atoms with Crippen molar-refractivity contribution in [2.45, 2.75) is 13.3 Å². The number of ether oxygens (including phenoxy) is 2. The third kappa shape index (κ3) is 2.59. The van der Waals surface area contributed by atoms with E-state index in [0.29, 0.717) is 13.2 Å². The molecule has 0 saturated heterocycles. The number of allylic oxidation sites excluding steroid dienone is 2. The summed E-state index contributed by atoms with van der Waals surface area (Å²) in [6.07, 6.45) is 3.26. The van der Waals surface area contributed by atoms with Crippen LogP contribution in [-0.2, 0) is 0 Å². The Morgan fingerprint density at radius 2 is 2.06 bits per heavy atom. The van der Waals surface area contributed by atoms with Crippen molar-refractivity contribution in [3.63, 3.8) is 0 Å². The molecule has 0 aromatic heterocycles. The van der Waals surface area contributed by atoms with Crippen LogP contribution in [0.25, 0.3) is 5.57 Å². The van der Waals surface area contributed by atoms with Gasteiger partial charge in [-0.1, -0.05) is 28.1 Å². The van der Waals surface area contributed by atoms with E-state index in [2.05, 4.69) is 41.1 Å². The number of benzene rings is 1. The molecule has 1 aromatic carbocycles. The molecule has 0 saturated carbocycles. The first kappa shape index (κ1) is 11.5. The van der Waals surface area contributed by atoms with Crippen molar-refractivity contribution in [2.75, 3.05) is 18.5 Å². The van der Waals surface area contributed by atoms with Gasteiger partial charge in [-0.3, -0.25) is 0 Å². The highest BCUT2D eigenvalue weighted by Crippen LogP contribution is 2.32. The summed E-state index contributed by atoms with van der Waals surface area (Å²) in [7, 11) is 0. The molecule has 2 nitrogen and oxygen atoms in total. The molecule has 0 bridgehead atoms. The molecule has 1 aromatic rings. The van der Waals surface area contributed by atoms with Crippen molar-refractivity contribution in [1.82, 2.24) is 0 Å². The van der Waals surface area contributed by atoms with E-state index in [1.165, 1.54) is 11.1 Å². The van der Waals surface area contributed by atoms with Gasteiger partial charge >= 0.3 is 0 Å². The van der Waals surface area contributed by atoms with Crippen LogP contribution in [0.4, 0.5) is 0 Å². The summed E-state index contributed by atoms with van der Waals surface area (Å²) >= 11 is 3.42. The Hall–Kier alpha value is -0.960. The van der Waals surface area contributed by atoms with Crippen LogP contribution in [0.15, 0.2) is 24.3 Å². The van der Waals surface area contributed by atoms with Crippen LogP contribution in [-0.4, -0.2) is 18.5 Å². The molecule has 0 radical (unpaired) electrons. The van der Waals surface area contributed by atoms with Crippen LogP contribution in [0.3, 0.4) is 0 Å².